The first-order valence-corrected chi connectivity index (χ1v) is 6.93. The number of unbranched alkanes of at least 4 members (excludes halogenated alkanes) is 2. The van der Waals surface area contributed by atoms with E-state index in [1.807, 2.05) is 18.2 Å². The summed E-state index contributed by atoms with van der Waals surface area (Å²) in [5.41, 5.74) is 2.41. The lowest BCUT2D eigenvalue weighted by molar-refractivity contribution is -0.137. The molecule has 2 rings (SSSR count). The standard InChI is InChI=1S/C15H18ClNO2/c1-11-9-12-10-13(16)6-7-14(12)17(11)8-4-2-3-5-15(18)19/h6-7,9-10H,2-5,8H2,1H3,(H,18,19). The molecule has 0 aliphatic rings. The number of halogens is 1. The third-order valence-corrected chi connectivity index (χ3v) is 3.58. The van der Waals surface area contributed by atoms with E-state index in [-0.39, 0.29) is 6.42 Å². The third kappa shape index (κ3) is 3.51. The number of fused-ring (bicyclic) bond motifs is 1. The van der Waals surface area contributed by atoms with Crippen LogP contribution in [0.25, 0.3) is 10.9 Å². The number of aromatic nitrogens is 1. The fourth-order valence-corrected chi connectivity index (χ4v) is 2.58. The Morgan fingerprint density at radius 2 is 2.05 bits per heavy atom. The highest BCUT2D eigenvalue weighted by Crippen LogP contribution is 2.23. The summed E-state index contributed by atoms with van der Waals surface area (Å²) in [6.45, 7) is 3.02. The normalized spacial score (nSPS) is 11.1. The fraction of sp³-hybridized carbons (Fsp3) is 0.400. The Morgan fingerprint density at radius 1 is 1.26 bits per heavy atom. The van der Waals surface area contributed by atoms with Crippen LogP contribution >= 0.6 is 11.6 Å². The maximum absolute atomic E-state index is 10.4. The fourth-order valence-electron chi connectivity index (χ4n) is 2.40. The number of aryl methyl sites for hydroxylation is 2. The lowest BCUT2D eigenvalue weighted by atomic mass is 10.2. The van der Waals surface area contributed by atoms with Crippen LogP contribution in [0.4, 0.5) is 0 Å². The van der Waals surface area contributed by atoms with Crippen molar-refractivity contribution in [3.63, 3.8) is 0 Å². The molecule has 1 aromatic carbocycles. The molecule has 102 valence electrons. The monoisotopic (exact) mass is 279 g/mol. The van der Waals surface area contributed by atoms with Gasteiger partial charge >= 0.3 is 5.97 Å². The highest BCUT2D eigenvalue weighted by molar-refractivity contribution is 6.31. The zero-order valence-corrected chi connectivity index (χ0v) is 11.8. The average Bonchev–Trinajstić information content (AvgIpc) is 2.64. The number of carboxylic acids is 1. The SMILES string of the molecule is Cc1cc2cc(Cl)ccc2n1CCCCCC(=O)O. The van der Waals surface area contributed by atoms with Gasteiger partial charge in [0.1, 0.15) is 0 Å². The molecule has 1 N–H and O–H groups in total. The molecule has 0 atom stereocenters. The Kier molecular flexibility index (Phi) is 4.48. The Balaban J connectivity index is 2.00. The number of carbonyl (C=O) groups is 1. The second-order valence-electron chi connectivity index (χ2n) is 4.84. The smallest absolute Gasteiger partial charge is 0.303 e. The van der Waals surface area contributed by atoms with Gasteiger partial charge in [-0.1, -0.05) is 18.0 Å². The second-order valence-corrected chi connectivity index (χ2v) is 5.28. The van der Waals surface area contributed by atoms with Crippen LogP contribution in [0.5, 0.6) is 0 Å². The van der Waals surface area contributed by atoms with Crippen molar-refractivity contribution in [3.05, 3.63) is 35.0 Å². The second kappa shape index (κ2) is 6.11. The molecule has 1 aromatic heterocycles. The van der Waals surface area contributed by atoms with Crippen LogP contribution in [-0.4, -0.2) is 15.6 Å². The maximum atomic E-state index is 10.4. The molecule has 19 heavy (non-hydrogen) atoms. The topological polar surface area (TPSA) is 42.2 Å². The number of rotatable bonds is 6. The van der Waals surface area contributed by atoms with Crippen LogP contribution in [0.3, 0.4) is 0 Å². The molecule has 0 unspecified atom stereocenters. The van der Waals surface area contributed by atoms with Crippen molar-refractivity contribution in [2.75, 3.05) is 0 Å². The van der Waals surface area contributed by atoms with Crippen LogP contribution in [0.2, 0.25) is 5.02 Å². The van der Waals surface area contributed by atoms with Gasteiger partial charge in [0.25, 0.3) is 0 Å². The summed E-state index contributed by atoms with van der Waals surface area (Å²) in [5.74, 6) is -0.711. The van der Waals surface area contributed by atoms with Crippen molar-refractivity contribution >= 4 is 28.5 Å². The van der Waals surface area contributed by atoms with Gasteiger partial charge in [-0.05, 0) is 44.0 Å². The Labute approximate surface area is 117 Å². The highest BCUT2D eigenvalue weighted by atomic mass is 35.5. The number of hydrogen-bond acceptors (Lipinski definition) is 1. The van der Waals surface area contributed by atoms with Crippen LogP contribution in [-0.2, 0) is 11.3 Å². The third-order valence-electron chi connectivity index (χ3n) is 3.34. The van der Waals surface area contributed by atoms with Crippen molar-refractivity contribution in [2.45, 2.75) is 39.2 Å². The number of carboxylic acid groups (broad SMARTS) is 1. The van der Waals surface area contributed by atoms with Crippen molar-refractivity contribution in [2.24, 2.45) is 0 Å². The zero-order valence-electron chi connectivity index (χ0n) is 11.0. The molecule has 0 amide bonds. The summed E-state index contributed by atoms with van der Waals surface area (Å²) in [6.07, 6.45) is 2.96. The molecule has 0 saturated carbocycles. The van der Waals surface area contributed by atoms with Gasteiger partial charge in [-0.15, -0.1) is 0 Å². The minimum Gasteiger partial charge on any atom is -0.481 e. The van der Waals surface area contributed by atoms with Crippen molar-refractivity contribution < 1.29 is 9.90 Å². The Morgan fingerprint density at radius 3 is 2.79 bits per heavy atom. The van der Waals surface area contributed by atoms with E-state index in [0.29, 0.717) is 0 Å². The van der Waals surface area contributed by atoms with Gasteiger partial charge in [0.2, 0.25) is 0 Å². The summed E-state index contributed by atoms with van der Waals surface area (Å²) in [7, 11) is 0. The van der Waals surface area contributed by atoms with E-state index < -0.39 is 5.97 Å². The van der Waals surface area contributed by atoms with Gasteiger partial charge in [-0.2, -0.15) is 0 Å². The predicted molar refractivity (Wildman–Crippen MR) is 77.8 cm³/mol. The van der Waals surface area contributed by atoms with E-state index in [1.54, 1.807) is 0 Å². The summed E-state index contributed by atoms with van der Waals surface area (Å²) in [6, 6.07) is 8.06. The zero-order chi connectivity index (χ0) is 13.8. The summed E-state index contributed by atoms with van der Waals surface area (Å²) >= 11 is 5.99. The van der Waals surface area contributed by atoms with Crippen LogP contribution in [0.1, 0.15) is 31.4 Å². The molecule has 0 aliphatic heterocycles. The predicted octanol–water partition coefficient (Wildman–Crippen LogP) is 4.25. The number of nitrogens with zero attached hydrogens (tertiary/aromatic N) is 1. The van der Waals surface area contributed by atoms with E-state index >= 15 is 0 Å². The van der Waals surface area contributed by atoms with Crippen molar-refractivity contribution in [3.8, 4) is 0 Å². The van der Waals surface area contributed by atoms with Gasteiger partial charge in [0, 0.05) is 34.6 Å². The molecular weight excluding hydrogens is 262 g/mol. The lowest BCUT2D eigenvalue weighted by Gasteiger charge is -2.08. The molecule has 0 bridgehead atoms. The molecule has 0 radical (unpaired) electrons. The first-order valence-electron chi connectivity index (χ1n) is 6.55. The van der Waals surface area contributed by atoms with E-state index in [9.17, 15) is 4.79 Å². The average molecular weight is 280 g/mol. The number of benzene rings is 1. The molecule has 3 nitrogen and oxygen atoms in total. The van der Waals surface area contributed by atoms with Gasteiger partial charge < -0.3 is 9.67 Å². The molecule has 2 aromatic rings. The number of aliphatic carboxylic acids is 1. The van der Waals surface area contributed by atoms with Crippen LogP contribution in [0, 0.1) is 6.92 Å². The summed E-state index contributed by atoms with van der Waals surface area (Å²) in [5, 5.41) is 10.5. The molecule has 0 spiro atoms. The molecule has 4 heteroatoms. The lowest BCUT2D eigenvalue weighted by Crippen LogP contribution is -2.00. The summed E-state index contributed by atoms with van der Waals surface area (Å²) in [4.78, 5) is 10.4. The van der Waals surface area contributed by atoms with Gasteiger partial charge in [0.15, 0.2) is 0 Å². The molecular formula is C15H18ClNO2. The van der Waals surface area contributed by atoms with Crippen LogP contribution in [0.15, 0.2) is 24.3 Å². The van der Waals surface area contributed by atoms with E-state index in [2.05, 4.69) is 17.6 Å². The molecule has 1 heterocycles. The Hall–Kier alpha value is -1.48. The van der Waals surface area contributed by atoms with Gasteiger partial charge in [-0.25, -0.2) is 0 Å². The minimum atomic E-state index is -0.711. The quantitative estimate of drug-likeness (QED) is 0.803. The van der Waals surface area contributed by atoms with E-state index in [0.717, 1.165) is 36.2 Å². The summed E-state index contributed by atoms with van der Waals surface area (Å²) < 4.78 is 2.27. The van der Waals surface area contributed by atoms with E-state index in [4.69, 9.17) is 16.7 Å². The first kappa shape index (κ1) is 13.9. The largest absolute Gasteiger partial charge is 0.481 e. The molecule has 0 saturated heterocycles. The van der Waals surface area contributed by atoms with Gasteiger partial charge in [0.05, 0.1) is 0 Å². The first-order chi connectivity index (χ1) is 9.08. The molecule has 0 fully saturated rings. The Bertz CT molecular complexity index is 589. The number of hydrogen-bond donors (Lipinski definition) is 1. The van der Waals surface area contributed by atoms with Gasteiger partial charge in [-0.3, -0.25) is 4.79 Å². The van der Waals surface area contributed by atoms with Crippen molar-refractivity contribution in [1.29, 1.82) is 0 Å². The van der Waals surface area contributed by atoms with Crippen molar-refractivity contribution in [1.82, 2.24) is 4.57 Å². The maximum Gasteiger partial charge on any atom is 0.303 e. The minimum absolute atomic E-state index is 0.265. The highest BCUT2D eigenvalue weighted by Gasteiger charge is 2.06. The van der Waals surface area contributed by atoms with Crippen LogP contribution < -0.4 is 0 Å². The van der Waals surface area contributed by atoms with E-state index in [1.165, 1.54) is 11.2 Å². The molecule has 0 aliphatic carbocycles.